The van der Waals surface area contributed by atoms with Gasteiger partial charge in [0.2, 0.25) is 5.95 Å². The van der Waals surface area contributed by atoms with Gasteiger partial charge in [-0.3, -0.25) is 18.9 Å². The zero-order valence-corrected chi connectivity index (χ0v) is 19.1. The summed E-state index contributed by atoms with van der Waals surface area (Å²) in [5.41, 5.74) is 4.65. The standard InChI is InChI=1S/C11H18BN5O13P3/c1-12-31(21,29-33(25,26)30-32(22,23)24)27-2-4-6(18)7(19)10(28-4)17-3-14-5-8(17)15-11(13)16-9(5)20/h3-4,6-7,10,18-19H,2H2,1H3,(H,25,26)(H2,22,23,24)(H3,13,15,16,20)/t4-,6?,7+,10-,31?/m1/s1. The lowest BCUT2D eigenvalue weighted by Gasteiger charge is -2.22. The molecular weight excluding hydrogens is 514 g/mol. The minimum absolute atomic E-state index is 0.0687. The van der Waals surface area contributed by atoms with Crippen LogP contribution in [0.1, 0.15) is 6.23 Å². The van der Waals surface area contributed by atoms with Gasteiger partial charge in [0.25, 0.3) is 20.0 Å². The first-order chi connectivity index (χ1) is 15.1. The van der Waals surface area contributed by atoms with Gasteiger partial charge in [0.15, 0.2) is 17.4 Å². The average Bonchev–Trinajstić information content (AvgIpc) is 3.20. The summed E-state index contributed by atoms with van der Waals surface area (Å²) in [7, 11) is -15.6. The van der Waals surface area contributed by atoms with E-state index in [1.165, 1.54) is 0 Å². The quantitative estimate of drug-likeness (QED) is 0.142. The lowest BCUT2D eigenvalue weighted by Crippen LogP contribution is -2.33. The Morgan fingerprint density at radius 1 is 1.24 bits per heavy atom. The highest BCUT2D eigenvalue weighted by molar-refractivity contribution is 7.87. The molecule has 3 rings (SSSR count). The second-order valence-electron chi connectivity index (χ2n) is 6.54. The van der Waals surface area contributed by atoms with Gasteiger partial charge >= 0.3 is 15.6 Å². The van der Waals surface area contributed by atoms with Crippen molar-refractivity contribution in [2.24, 2.45) is 0 Å². The normalized spacial score (nSPS) is 27.3. The van der Waals surface area contributed by atoms with E-state index in [4.69, 9.17) is 24.8 Å². The lowest BCUT2D eigenvalue weighted by atomic mass is 10.1. The number of aliphatic hydroxyl groups is 2. The minimum atomic E-state index is -5.53. The number of aliphatic hydroxyl groups excluding tert-OH is 2. The second-order valence-corrected chi connectivity index (χ2v) is 11.6. The third-order valence-electron chi connectivity index (χ3n) is 4.22. The number of nitrogen functional groups attached to an aromatic ring is 1. The zero-order chi connectivity index (χ0) is 24.8. The molecule has 22 heteroatoms. The Hall–Kier alpha value is -1.46. The van der Waals surface area contributed by atoms with Crippen LogP contribution in [0.4, 0.5) is 5.95 Å². The van der Waals surface area contributed by atoms with Gasteiger partial charge in [0.05, 0.1) is 12.9 Å². The molecule has 1 saturated heterocycles. The fourth-order valence-electron chi connectivity index (χ4n) is 2.84. The van der Waals surface area contributed by atoms with Crippen molar-refractivity contribution in [3.8, 4) is 0 Å². The average molecular weight is 532 g/mol. The molecule has 1 fully saturated rings. The maximum Gasteiger partial charge on any atom is 0.487 e. The molecule has 0 spiro atoms. The lowest BCUT2D eigenvalue weighted by molar-refractivity contribution is -0.0479. The predicted octanol–water partition coefficient (Wildman–Crippen LogP) is -1.58. The van der Waals surface area contributed by atoms with Gasteiger partial charge in [0.1, 0.15) is 18.3 Å². The van der Waals surface area contributed by atoms with Gasteiger partial charge in [-0.15, -0.1) is 0 Å². The van der Waals surface area contributed by atoms with E-state index in [9.17, 15) is 33.6 Å². The molecule has 3 unspecified atom stereocenters. The number of hydrogen-bond acceptors (Lipinski definition) is 13. The third kappa shape index (κ3) is 5.97. The number of anilines is 1. The molecule has 2 aromatic heterocycles. The first-order valence-corrected chi connectivity index (χ1v) is 13.4. The maximum absolute atomic E-state index is 12.5. The van der Waals surface area contributed by atoms with E-state index >= 15 is 0 Å². The van der Waals surface area contributed by atoms with Crippen LogP contribution in [-0.4, -0.2) is 76.3 Å². The highest BCUT2D eigenvalue weighted by atomic mass is 31.3. The Kier molecular flexibility index (Phi) is 7.37. The number of H-pyrrole nitrogens is 1. The van der Waals surface area contributed by atoms with Crippen molar-refractivity contribution in [1.82, 2.24) is 19.5 Å². The summed E-state index contributed by atoms with van der Waals surface area (Å²) in [5.74, 6) is -0.246. The van der Waals surface area contributed by atoms with Crippen LogP contribution in [0.3, 0.4) is 0 Å². The first-order valence-electron chi connectivity index (χ1n) is 8.74. The minimum Gasteiger partial charge on any atom is -0.387 e. The number of nitrogens with one attached hydrogen (secondary N) is 1. The molecule has 8 N–H and O–H groups in total. The molecule has 0 bridgehead atoms. The number of rotatable bonds is 9. The molecule has 0 saturated carbocycles. The van der Waals surface area contributed by atoms with Crippen LogP contribution in [0, 0.1) is 0 Å². The fraction of sp³-hybridized carbons (Fsp3) is 0.545. The number of nitrogens with two attached hydrogens (primary N) is 1. The van der Waals surface area contributed by atoms with E-state index in [-0.39, 0.29) is 17.1 Å². The molecule has 1 aliphatic rings. The predicted molar refractivity (Wildman–Crippen MR) is 108 cm³/mol. The zero-order valence-electron chi connectivity index (χ0n) is 16.4. The number of aromatic amines is 1. The SMILES string of the molecule is C[B]P(=O)(OC[C@H]1O[C@@H](n2cnc3c(=O)[nH]c(N)nc32)[C@@H](O)C1O)OP(=O)(O)OP(=O)(O)O. The molecule has 1 radical (unpaired) electrons. The second kappa shape index (κ2) is 9.30. The number of phosphoric acid groups is 2. The molecule has 0 aliphatic carbocycles. The van der Waals surface area contributed by atoms with Gasteiger partial charge in [-0.1, -0.05) is 6.82 Å². The van der Waals surface area contributed by atoms with Crippen LogP contribution in [0.5, 0.6) is 0 Å². The molecule has 3 heterocycles. The Balaban J connectivity index is 1.75. The molecule has 6 atom stereocenters. The van der Waals surface area contributed by atoms with Crippen LogP contribution < -0.4 is 11.3 Å². The van der Waals surface area contributed by atoms with Crippen molar-refractivity contribution in [3.63, 3.8) is 0 Å². The number of imidazole rings is 1. The van der Waals surface area contributed by atoms with Crippen LogP contribution in [0.15, 0.2) is 11.1 Å². The van der Waals surface area contributed by atoms with Crippen LogP contribution >= 0.6 is 23.1 Å². The van der Waals surface area contributed by atoms with E-state index in [1.807, 2.05) is 0 Å². The Morgan fingerprint density at radius 3 is 2.52 bits per heavy atom. The van der Waals surface area contributed by atoms with E-state index in [0.29, 0.717) is 7.00 Å². The van der Waals surface area contributed by atoms with Crippen LogP contribution in [0.25, 0.3) is 11.2 Å². The van der Waals surface area contributed by atoms with Crippen molar-refractivity contribution in [3.05, 3.63) is 16.7 Å². The van der Waals surface area contributed by atoms with Crippen molar-refractivity contribution < 1.29 is 56.5 Å². The number of hydrogen-bond donors (Lipinski definition) is 7. The van der Waals surface area contributed by atoms with E-state index in [0.717, 1.165) is 17.7 Å². The van der Waals surface area contributed by atoms with Gasteiger partial charge < -0.3 is 39.9 Å². The largest absolute Gasteiger partial charge is 0.487 e. The maximum atomic E-state index is 12.5. The molecule has 183 valence electrons. The summed E-state index contributed by atoms with van der Waals surface area (Å²) in [5, 5.41) is 20.7. The Morgan fingerprint density at radius 2 is 1.91 bits per heavy atom. The molecular formula is C11H18BN5O13P3. The summed E-state index contributed by atoms with van der Waals surface area (Å²) in [6.07, 6.45) is -4.90. The summed E-state index contributed by atoms with van der Waals surface area (Å²) in [6.45, 7) is 0.999. The number of aromatic nitrogens is 4. The molecule has 2 aromatic rings. The first kappa shape index (κ1) is 26.2. The van der Waals surface area contributed by atoms with E-state index in [2.05, 4.69) is 23.6 Å². The number of fused-ring (bicyclic) bond motifs is 1. The summed E-state index contributed by atoms with van der Waals surface area (Å²) < 4.78 is 54.3. The third-order valence-corrected chi connectivity index (χ3v) is 8.78. The highest BCUT2D eigenvalue weighted by Gasteiger charge is 2.46. The monoisotopic (exact) mass is 532 g/mol. The molecule has 0 aromatic carbocycles. The van der Waals surface area contributed by atoms with Crippen LogP contribution in [-0.2, 0) is 31.6 Å². The van der Waals surface area contributed by atoms with E-state index < -0.39 is 59.8 Å². The summed E-state index contributed by atoms with van der Waals surface area (Å²) in [4.78, 5) is 48.5. The van der Waals surface area contributed by atoms with Gasteiger partial charge in [0, 0.05) is 0 Å². The van der Waals surface area contributed by atoms with Gasteiger partial charge in [-0.05, 0) is 0 Å². The Bertz CT molecular complexity index is 1230. The molecule has 18 nitrogen and oxygen atoms in total. The van der Waals surface area contributed by atoms with Crippen molar-refractivity contribution in [2.45, 2.75) is 31.4 Å². The number of nitrogens with zero attached hydrogens (tertiary/aromatic N) is 3. The summed E-state index contributed by atoms with van der Waals surface area (Å²) >= 11 is 0. The Labute approximate surface area is 184 Å². The van der Waals surface area contributed by atoms with Gasteiger partial charge in [-0.2, -0.15) is 9.29 Å². The molecule has 1 aliphatic heterocycles. The van der Waals surface area contributed by atoms with Crippen molar-refractivity contribution >= 4 is 47.2 Å². The highest BCUT2D eigenvalue weighted by Crippen LogP contribution is 2.67. The van der Waals surface area contributed by atoms with Crippen LogP contribution in [0.2, 0.25) is 6.82 Å². The molecule has 33 heavy (non-hydrogen) atoms. The topological polar surface area (TPSA) is 279 Å². The number of ether oxygens (including phenoxy) is 1. The fourth-order valence-corrected chi connectivity index (χ4v) is 6.52. The van der Waals surface area contributed by atoms with Crippen molar-refractivity contribution in [1.29, 1.82) is 0 Å². The summed E-state index contributed by atoms with van der Waals surface area (Å²) in [6, 6.07) is 0. The van der Waals surface area contributed by atoms with E-state index in [1.54, 1.807) is 0 Å². The molecule has 0 amide bonds. The van der Waals surface area contributed by atoms with Gasteiger partial charge in [-0.25, -0.2) is 18.4 Å². The smallest absolute Gasteiger partial charge is 0.387 e. The van der Waals surface area contributed by atoms with Crippen molar-refractivity contribution in [2.75, 3.05) is 12.3 Å².